The number of rotatable bonds is 5. The minimum Gasteiger partial charge on any atom is -0.271 e. The van der Waals surface area contributed by atoms with Gasteiger partial charge in [-0.2, -0.15) is 0 Å². The summed E-state index contributed by atoms with van der Waals surface area (Å²) in [4.78, 5) is 1.31. The molecule has 106 valence electrons. The highest BCUT2D eigenvalue weighted by atomic mass is 79.9. The first-order valence-electron chi connectivity index (χ1n) is 7.14. The molecule has 1 aliphatic rings. The van der Waals surface area contributed by atoms with Gasteiger partial charge in [0.15, 0.2) is 0 Å². The minimum absolute atomic E-state index is 0.432. The first kappa shape index (κ1) is 15.4. The first-order chi connectivity index (χ1) is 9.29. The smallest absolute Gasteiger partial charge is 0.0332 e. The topological polar surface area (TPSA) is 38.0 Å². The maximum absolute atomic E-state index is 5.78. The molecule has 0 bridgehead atoms. The standard InChI is InChI=1S/C15H23BrN2S/c16-13-8-5-9-14(10-13)19-11-15(18-17)12-6-3-1-2-4-7-12/h5,8-10,12,15,18H,1-4,6-7,11,17H2. The Morgan fingerprint density at radius 1 is 1.26 bits per heavy atom. The minimum atomic E-state index is 0.432. The maximum atomic E-state index is 5.78. The van der Waals surface area contributed by atoms with Crippen LogP contribution in [0.15, 0.2) is 33.6 Å². The van der Waals surface area contributed by atoms with Crippen molar-refractivity contribution in [1.82, 2.24) is 5.43 Å². The fourth-order valence-corrected chi connectivity index (χ4v) is 4.45. The summed E-state index contributed by atoms with van der Waals surface area (Å²) in [5, 5.41) is 0. The molecule has 2 rings (SSSR count). The van der Waals surface area contributed by atoms with Crippen LogP contribution < -0.4 is 11.3 Å². The van der Waals surface area contributed by atoms with Crippen LogP contribution in [-0.2, 0) is 0 Å². The van der Waals surface area contributed by atoms with Crippen molar-refractivity contribution in [2.75, 3.05) is 5.75 Å². The third-order valence-corrected chi connectivity index (χ3v) is 5.51. The van der Waals surface area contributed by atoms with Crippen molar-refractivity contribution in [2.45, 2.75) is 49.5 Å². The molecule has 1 fully saturated rings. The lowest BCUT2D eigenvalue weighted by atomic mass is 9.93. The van der Waals surface area contributed by atoms with E-state index in [1.165, 1.54) is 43.4 Å². The van der Waals surface area contributed by atoms with Gasteiger partial charge in [0, 0.05) is 21.2 Å². The quantitative estimate of drug-likeness (QED) is 0.361. The van der Waals surface area contributed by atoms with E-state index >= 15 is 0 Å². The van der Waals surface area contributed by atoms with Gasteiger partial charge in [0.25, 0.3) is 0 Å². The Balaban J connectivity index is 1.87. The monoisotopic (exact) mass is 342 g/mol. The third kappa shape index (κ3) is 5.10. The molecule has 1 aromatic rings. The number of nitrogens with one attached hydrogen (secondary N) is 1. The molecule has 0 heterocycles. The zero-order valence-electron chi connectivity index (χ0n) is 11.3. The highest BCUT2D eigenvalue weighted by Crippen LogP contribution is 2.29. The molecule has 1 aromatic carbocycles. The van der Waals surface area contributed by atoms with E-state index in [0.717, 1.165) is 16.1 Å². The summed E-state index contributed by atoms with van der Waals surface area (Å²) in [6, 6.07) is 8.92. The average Bonchev–Trinajstić information content (AvgIpc) is 2.69. The summed E-state index contributed by atoms with van der Waals surface area (Å²) >= 11 is 5.41. The van der Waals surface area contributed by atoms with Gasteiger partial charge in [-0.25, -0.2) is 0 Å². The van der Waals surface area contributed by atoms with Crippen LogP contribution in [0.2, 0.25) is 0 Å². The second kappa shape index (κ2) is 8.30. The number of halogens is 1. The van der Waals surface area contributed by atoms with E-state index in [1.807, 2.05) is 11.8 Å². The molecule has 3 N–H and O–H groups in total. The molecule has 1 saturated carbocycles. The predicted octanol–water partition coefficient (Wildman–Crippen LogP) is 4.34. The Bertz CT molecular complexity index is 378. The predicted molar refractivity (Wildman–Crippen MR) is 87.2 cm³/mol. The van der Waals surface area contributed by atoms with E-state index in [0.29, 0.717) is 6.04 Å². The molecule has 0 radical (unpaired) electrons. The molecule has 0 spiro atoms. The van der Waals surface area contributed by atoms with Gasteiger partial charge < -0.3 is 0 Å². The van der Waals surface area contributed by atoms with Gasteiger partial charge in [-0.15, -0.1) is 11.8 Å². The van der Waals surface area contributed by atoms with E-state index in [9.17, 15) is 0 Å². The fraction of sp³-hybridized carbons (Fsp3) is 0.600. The summed E-state index contributed by atoms with van der Waals surface area (Å²) in [5.41, 5.74) is 3.05. The summed E-state index contributed by atoms with van der Waals surface area (Å²) in [6.45, 7) is 0. The van der Waals surface area contributed by atoms with Crippen molar-refractivity contribution in [1.29, 1.82) is 0 Å². The maximum Gasteiger partial charge on any atom is 0.0332 e. The second-order valence-corrected chi connectivity index (χ2v) is 7.30. The SMILES string of the molecule is NNC(CSc1cccc(Br)c1)C1CCCCCC1. The largest absolute Gasteiger partial charge is 0.271 e. The van der Waals surface area contributed by atoms with Crippen molar-refractivity contribution in [2.24, 2.45) is 11.8 Å². The summed E-state index contributed by atoms with van der Waals surface area (Å²) < 4.78 is 1.14. The third-order valence-electron chi connectivity index (χ3n) is 3.91. The number of hydrogen-bond donors (Lipinski definition) is 2. The molecular formula is C15H23BrN2S. The number of nitrogens with two attached hydrogens (primary N) is 1. The van der Waals surface area contributed by atoms with Gasteiger partial charge in [-0.3, -0.25) is 11.3 Å². The number of hydrazine groups is 1. The molecule has 0 aromatic heterocycles. The Morgan fingerprint density at radius 3 is 2.63 bits per heavy atom. The van der Waals surface area contributed by atoms with Gasteiger partial charge in [0.2, 0.25) is 0 Å². The number of thioether (sulfide) groups is 1. The molecule has 2 nitrogen and oxygen atoms in total. The highest BCUT2D eigenvalue weighted by Gasteiger charge is 2.21. The van der Waals surface area contributed by atoms with Crippen LogP contribution in [0.3, 0.4) is 0 Å². The average molecular weight is 343 g/mol. The lowest BCUT2D eigenvalue weighted by Gasteiger charge is -2.25. The summed E-state index contributed by atoms with van der Waals surface area (Å²) in [5.74, 6) is 7.57. The van der Waals surface area contributed by atoms with Crippen LogP contribution in [0.5, 0.6) is 0 Å². The van der Waals surface area contributed by atoms with Crippen LogP contribution >= 0.6 is 27.7 Å². The fourth-order valence-electron chi connectivity index (χ4n) is 2.78. The van der Waals surface area contributed by atoms with Gasteiger partial charge in [-0.05, 0) is 37.0 Å². The second-order valence-electron chi connectivity index (χ2n) is 5.29. The van der Waals surface area contributed by atoms with Crippen molar-refractivity contribution in [3.05, 3.63) is 28.7 Å². The van der Waals surface area contributed by atoms with E-state index in [-0.39, 0.29) is 0 Å². The molecular weight excluding hydrogens is 320 g/mol. The lowest BCUT2D eigenvalue weighted by Crippen LogP contribution is -2.42. The van der Waals surface area contributed by atoms with Crippen LogP contribution in [0.25, 0.3) is 0 Å². The zero-order chi connectivity index (χ0) is 13.5. The molecule has 1 unspecified atom stereocenters. The van der Waals surface area contributed by atoms with Gasteiger partial charge >= 0.3 is 0 Å². The van der Waals surface area contributed by atoms with Gasteiger partial charge in [0.1, 0.15) is 0 Å². The molecule has 1 aliphatic carbocycles. The first-order valence-corrected chi connectivity index (χ1v) is 8.92. The van der Waals surface area contributed by atoms with Crippen molar-refractivity contribution < 1.29 is 0 Å². The number of benzene rings is 1. The van der Waals surface area contributed by atoms with Crippen LogP contribution in [-0.4, -0.2) is 11.8 Å². The molecule has 0 amide bonds. The van der Waals surface area contributed by atoms with Gasteiger partial charge in [0.05, 0.1) is 0 Å². The zero-order valence-corrected chi connectivity index (χ0v) is 13.7. The van der Waals surface area contributed by atoms with Crippen molar-refractivity contribution in [3.8, 4) is 0 Å². The molecule has 0 saturated heterocycles. The highest BCUT2D eigenvalue weighted by molar-refractivity contribution is 9.10. The Hall–Kier alpha value is -0.0300. The number of hydrogen-bond acceptors (Lipinski definition) is 3. The van der Waals surface area contributed by atoms with Crippen LogP contribution in [0.4, 0.5) is 0 Å². The molecule has 0 aliphatic heterocycles. The normalized spacial score (nSPS) is 19.1. The Morgan fingerprint density at radius 2 is 2.00 bits per heavy atom. The molecule has 1 atom stereocenters. The molecule has 19 heavy (non-hydrogen) atoms. The Kier molecular flexibility index (Phi) is 6.71. The summed E-state index contributed by atoms with van der Waals surface area (Å²) in [6.07, 6.45) is 8.18. The van der Waals surface area contributed by atoms with Crippen molar-refractivity contribution >= 4 is 27.7 Å². The Labute approximate surface area is 129 Å². The summed E-state index contributed by atoms with van der Waals surface area (Å²) in [7, 11) is 0. The lowest BCUT2D eigenvalue weighted by molar-refractivity contribution is 0.346. The van der Waals surface area contributed by atoms with Crippen LogP contribution in [0.1, 0.15) is 38.5 Å². The van der Waals surface area contributed by atoms with E-state index in [4.69, 9.17) is 5.84 Å². The molecule has 4 heteroatoms. The van der Waals surface area contributed by atoms with Crippen LogP contribution in [0, 0.1) is 5.92 Å². The van der Waals surface area contributed by atoms with Gasteiger partial charge in [-0.1, -0.05) is 47.7 Å². The van der Waals surface area contributed by atoms with Crippen molar-refractivity contribution in [3.63, 3.8) is 0 Å². The van der Waals surface area contributed by atoms with E-state index in [1.54, 1.807) is 0 Å². The van der Waals surface area contributed by atoms with E-state index < -0.39 is 0 Å². The van der Waals surface area contributed by atoms with E-state index in [2.05, 4.69) is 45.6 Å².